The van der Waals surface area contributed by atoms with E-state index in [4.69, 9.17) is 0 Å². The summed E-state index contributed by atoms with van der Waals surface area (Å²) in [6, 6.07) is 0. The summed E-state index contributed by atoms with van der Waals surface area (Å²) in [6.45, 7) is 6.01. The van der Waals surface area contributed by atoms with Gasteiger partial charge in [-0.2, -0.15) is 13.2 Å². The van der Waals surface area contributed by atoms with Crippen LogP contribution in [0, 0.1) is 5.41 Å². The van der Waals surface area contributed by atoms with E-state index in [1.165, 1.54) is 0 Å². The van der Waals surface area contributed by atoms with Gasteiger partial charge in [-0.05, 0) is 31.1 Å². The lowest BCUT2D eigenvalue weighted by Gasteiger charge is -2.39. The first kappa shape index (κ1) is 19.8. The SMILES string of the molecule is CCC1(C)CCN(C(=O)CCCCCNC(=O)C(F)(F)F)CC1. The molecular weight excluding hydrogens is 309 g/mol. The summed E-state index contributed by atoms with van der Waals surface area (Å²) in [5.74, 6) is -1.77. The number of likely N-dealkylation sites (tertiary alicyclic amines) is 1. The van der Waals surface area contributed by atoms with Gasteiger partial charge in [0.15, 0.2) is 0 Å². The highest BCUT2D eigenvalue weighted by molar-refractivity contribution is 5.81. The smallest absolute Gasteiger partial charge is 0.348 e. The standard InChI is InChI=1S/C16H27F3N2O2/c1-3-15(2)8-11-21(12-9-15)13(22)7-5-4-6-10-20-14(23)16(17,18)19/h3-12H2,1-2H3,(H,20,23). The van der Waals surface area contributed by atoms with E-state index >= 15 is 0 Å². The Morgan fingerprint density at radius 2 is 1.74 bits per heavy atom. The van der Waals surface area contributed by atoms with E-state index in [1.54, 1.807) is 0 Å². The number of amides is 2. The molecule has 0 aliphatic carbocycles. The van der Waals surface area contributed by atoms with Gasteiger partial charge >= 0.3 is 12.1 Å². The summed E-state index contributed by atoms with van der Waals surface area (Å²) < 4.78 is 35.9. The van der Waals surface area contributed by atoms with Gasteiger partial charge in [0.05, 0.1) is 0 Å². The molecule has 1 aliphatic rings. The van der Waals surface area contributed by atoms with Crippen molar-refractivity contribution in [3.05, 3.63) is 0 Å². The molecule has 4 nitrogen and oxygen atoms in total. The molecule has 1 heterocycles. The fourth-order valence-corrected chi connectivity index (χ4v) is 2.69. The minimum absolute atomic E-state index is 0.00883. The summed E-state index contributed by atoms with van der Waals surface area (Å²) in [5, 5.41) is 1.83. The van der Waals surface area contributed by atoms with Gasteiger partial charge in [0.25, 0.3) is 0 Å². The number of hydrogen-bond acceptors (Lipinski definition) is 2. The molecule has 1 aliphatic heterocycles. The van der Waals surface area contributed by atoms with Crippen LogP contribution in [-0.4, -0.2) is 42.5 Å². The van der Waals surface area contributed by atoms with Crippen LogP contribution < -0.4 is 5.32 Å². The molecule has 0 unspecified atom stereocenters. The van der Waals surface area contributed by atoms with Gasteiger partial charge in [-0.15, -0.1) is 0 Å². The normalized spacial score (nSPS) is 17.9. The molecule has 1 N–H and O–H groups in total. The summed E-state index contributed by atoms with van der Waals surface area (Å²) in [4.78, 5) is 24.6. The van der Waals surface area contributed by atoms with E-state index < -0.39 is 12.1 Å². The number of nitrogens with zero attached hydrogens (tertiary/aromatic N) is 1. The number of nitrogens with one attached hydrogen (secondary N) is 1. The second kappa shape index (κ2) is 8.55. The lowest BCUT2D eigenvalue weighted by Crippen LogP contribution is -2.41. The zero-order valence-electron chi connectivity index (χ0n) is 14.0. The highest BCUT2D eigenvalue weighted by Crippen LogP contribution is 2.34. The lowest BCUT2D eigenvalue weighted by atomic mass is 9.78. The van der Waals surface area contributed by atoms with Crippen LogP contribution >= 0.6 is 0 Å². The number of alkyl halides is 3. The van der Waals surface area contributed by atoms with Crippen LogP contribution in [0.4, 0.5) is 13.2 Å². The quantitative estimate of drug-likeness (QED) is 0.726. The van der Waals surface area contributed by atoms with Crippen LogP contribution in [0.2, 0.25) is 0 Å². The van der Waals surface area contributed by atoms with Crippen LogP contribution in [0.5, 0.6) is 0 Å². The Hall–Kier alpha value is -1.27. The molecule has 0 saturated carbocycles. The third-order valence-electron chi connectivity index (χ3n) is 4.79. The van der Waals surface area contributed by atoms with Crippen LogP contribution in [0.3, 0.4) is 0 Å². The van der Waals surface area contributed by atoms with Crippen LogP contribution in [0.25, 0.3) is 0 Å². The van der Waals surface area contributed by atoms with Crippen molar-refractivity contribution in [3.8, 4) is 0 Å². The Morgan fingerprint density at radius 3 is 2.26 bits per heavy atom. The number of halogens is 3. The van der Waals surface area contributed by atoms with Gasteiger partial charge in [0.1, 0.15) is 0 Å². The second-order valence-electron chi connectivity index (χ2n) is 6.61. The van der Waals surface area contributed by atoms with Crippen LogP contribution in [0.1, 0.15) is 58.8 Å². The predicted molar refractivity (Wildman–Crippen MR) is 81.7 cm³/mol. The van der Waals surface area contributed by atoms with Crippen molar-refractivity contribution < 1.29 is 22.8 Å². The van der Waals surface area contributed by atoms with Gasteiger partial charge in [0, 0.05) is 26.1 Å². The van der Waals surface area contributed by atoms with E-state index in [-0.39, 0.29) is 12.5 Å². The molecule has 0 bridgehead atoms. The topological polar surface area (TPSA) is 49.4 Å². The number of piperidine rings is 1. The first-order chi connectivity index (χ1) is 10.7. The van der Waals surface area contributed by atoms with Gasteiger partial charge in [-0.1, -0.05) is 26.7 Å². The maximum Gasteiger partial charge on any atom is 0.471 e. The van der Waals surface area contributed by atoms with Crippen molar-refractivity contribution >= 4 is 11.8 Å². The van der Waals surface area contributed by atoms with Crippen molar-refractivity contribution in [2.45, 2.75) is 65.0 Å². The molecular formula is C16H27F3N2O2. The first-order valence-electron chi connectivity index (χ1n) is 8.31. The third kappa shape index (κ3) is 6.79. The largest absolute Gasteiger partial charge is 0.471 e. The van der Waals surface area contributed by atoms with Crippen molar-refractivity contribution in [2.24, 2.45) is 5.41 Å². The number of rotatable bonds is 7. The van der Waals surface area contributed by atoms with Crippen molar-refractivity contribution in [3.63, 3.8) is 0 Å². The van der Waals surface area contributed by atoms with E-state index in [0.29, 0.717) is 31.1 Å². The fraction of sp³-hybridized carbons (Fsp3) is 0.875. The van der Waals surface area contributed by atoms with Gasteiger partial charge in [-0.3, -0.25) is 9.59 Å². The summed E-state index contributed by atoms with van der Waals surface area (Å²) >= 11 is 0. The average molecular weight is 336 g/mol. The Morgan fingerprint density at radius 1 is 1.13 bits per heavy atom. The first-order valence-corrected chi connectivity index (χ1v) is 8.31. The Balaban J connectivity index is 2.10. The van der Waals surface area contributed by atoms with Gasteiger partial charge in [-0.25, -0.2) is 0 Å². The fourth-order valence-electron chi connectivity index (χ4n) is 2.69. The molecule has 2 amide bonds. The number of carbonyl (C=O) groups excluding carboxylic acids is 2. The summed E-state index contributed by atoms with van der Waals surface area (Å²) in [7, 11) is 0. The molecule has 23 heavy (non-hydrogen) atoms. The van der Waals surface area contributed by atoms with E-state index in [0.717, 1.165) is 32.4 Å². The van der Waals surface area contributed by atoms with Crippen molar-refractivity contribution in [2.75, 3.05) is 19.6 Å². The van der Waals surface area contributed by atoms with E-state index in [9.17, 15) is 22.8 Å². The molecule has 1 saturated heterocycles. The maximum absolute atomic E-state index is 12.1. The molecule has 1 fully saturated rings. The zero-order valence-corrected chi connectivity index (χ0v) is 14.0. The lowest BCUT2D eigenvalue weighted by molar-refractivity contribution is -0.173. The van der Waals surface area contributed by atoms with E-state index in [1.807, 2.05) is 10.2 Å². The third-order valence-corrected chi connectivity index (χ3v) is 4.79. The van der Waals surface area contributed by atoms with Crippen molar-refractivity contribution in [1.82, 2.24) is 10.2 Å². The Bertz CT molecular complexity index is 403. The monoisotopic (exact) mass is 336 g/mol. The maximum atomic E-state index is 12.1. The molecule has 0 aromatic rings. The minimum atomic E-state index is -4.82. The Labute approximate surface area is 135 Å². The Kier molecular flexibility index (Phi) is 7.35. The molecule has 1 rings (SSSR count). The predicted octanol–water partition coefficient (Wildman–Crippen LogP) is 3.26. The summed E-state index contributed by atoms with van der Waals surface area (Å²) in [6.07, 6.45) is 0.499. The minimum Gasteiger partial charge on any atom is -0.348 e. The van der Waals surface area contributed by atoms with Gasteiger partial charge in [0.2, 0.25) is 5.91 Å². The van der Waals surface area contributed by atoms with Crippen LogP contribution in [0.15, 0.2) is 0 Å². The van der Waals surface area contributed by atoms with Crippen LogP contribution in [-0.2, 0) is 9.59 Å². The molecule has 0 atom stereocenters. The molecule has 0 radical (unpaired) electrons. The number of carbonyl (C=O) groups is 2. The molecule has 7 heteroatoms. The molecule has 134 valence electrons. The highest BCUT2D eigenvalue weighted by atomic mass is 19.4. The van der Waals surface area contributed by atoms with Gasteiger partial charge < -0.3 is 10.2 Å². The number of hydrogen-bond donors (Lipinski definition) is 1. The van der Waals surface area contributed by atoms with Crippen molar-refractivity contribution in [1.29, 1.82) is 0 Å². The molecule has 0 spiro atoms. The highest BCUT2D eigenvalue weighted by Gasteiger charge is 2.38. The second-order valence-corrected chi connectivity index (χ2v) is 6.61. The van der Waals surface area contributed by atoms with E-state index in [2.05, 4.69) is 13.8 Å². The molecule has 0 aromatic heterocycles. The number of unbranched alkanes of at least 4 members (excludes halogenated alkanes) is 2. The zero-order chi connectivity index (χ0) is 17.5. The average Bonchev–Trinajstić information content (AvgIpc) is 2.50. The summed E-state index contributed by atoms with van der Waals surface area (Å²) in [5.41, 5.74) is 0.341. The molecule has 0 aromatic carbocycles.